The summed E-state index contributed by atoms with van der Waals surface area (Å²) < 4.78 is 9.52. The molecule has 1 aromatic rings. The van der Waals surface area contributed by atoms with Crippen LogP contribution in [0.5, 0.6) is 0 Å². The number of hydrogen-bond donors (Lipinski definition) is 1. The Morgan fingerprint density at radius 1 is 1.45 bits per heavy atom. The highest BCUT2D eigenvalue weighted by atomic mass is 32.1. The van der Waals surface area contributed by atoms with Crippen LogP contribution in [0, 0.1) is 0 Å². The Balaban J connectivity index is 1.77. The van der Waals surface area contributed by atoms with Crippen molar-refractivity contribution in [1.82, 2.24) is 19.8 Å². The van der Waals surface area contributed by atoms with Gasteiger partial charge in [0.25, 0.3) is 5.91 Å². The fraction of sp³-hybridized carbons (Fsp3) is 0.769. The molecule has 1 aliphatic rings. The zero-order valence-corrected chi connectivity index (χ0v) is 13.1. The van der Waals surface area contributed by atoms with Crippen LogP contribution in [0.25, 0.3) is 0 Å². The molecule has 0 aliphatic carbocycles. The van der Waals surface area contributed by atoms with Crippen molar-refractivity contribution in [2.24, 2.45) is 0 Å². The van der Waals surface area contributed by atoms with Gasteiger partial charge in [0.15, 0.2) is 0 Å². The highest BCUT2D eigenvalue weighted by molar-refractivity contribution is 7.08. The minimum absolute atomic E-state index is 0.0637. The van der Waals surface area contributed by atoms with Gasteiger partial charge in [-0.05, 0) is 31.8 Å². The number of morpholine rings is 1. The summed E-state index contributed by atoms with van der Waals surface area (Å²) in [7, 11) is 0. The van der Waals surface area contributed by atoms with Gasteiger partial charge in [0.05, 0.1) is 17.9 Å². The maximum absolute atomic E-state index is 12.0. The second-order valence-corrected chi connectivity index (χ2v) is 5.93. The van der Waals surface area contributed by atoms with Crippen molar-refractivity contribution in [3.63, 3.8) is 0 Å². The topological polar surface area (TPSA) is 67.4 Å². The van der Waals surface area contributed by atoms with Gasteiger partial charge < -0.3 is 10.1 Å². The highest BCUT2D eigenvalue weighted by Crippen LogP contribution is 2.11. The summed E-state index contributed by atoms with van der Waals surface area (Å²) >= 11 is 1.16. The zero-order valence-electron chi connectivity index (χ0n) is 12.3. The predicted octanol–water partition coefficient (Wildman–Crippen LogP) is 0.940. The average molecular weight is 298 g/mol. The van der Waals surface area contributed by atoms with Crippen LogP contribution in [0.2, 0.25) is 0 Å². The van der Waals surface area contributed by atoms with Gasteiger partial charge in [-0.3, -0.25) is 9.69 Å². The Morgan fingerprint density at radius 2 is 2.15 bits per heavy atom. The van der Waals surface area contributed by atoms with Crippen LogP contribution in [0.1, 0.15) is 36.1 Å². The van der Waals surface area contributed by atoms with Gasteiger partial charge in [-0.15, -0.1) is 5.10 Å². The predicted molar refractivity (Wildman–Crippen MR) is 78.1 cm³/mol. The molecular weight excluding hydrogens is 276 g/mol. The smallest absolute Gasteiger partial charge is 0.264 e. The summed E-state index contributed by atoms with van der Waals surface area (Å²) in [5.41, 5.74) is 0.779. The lowest BCUT2D eigenvalue weighted by atomic mass is 10.2. The largest absolute Gasteiger partial charge is 0.373 e. The molecule has 6 nitrogen and oxygen atoms in total. The van der Waals surface area contributed by atoms with Crippen molar-refractivity contribution in [1.29, 1.82) is 0 Å². The van der Waals surface area contributed by atoms with Crippen molar-refractivity contribution < 1.29 is 9.53 Å². The van der Waals surface area contributed by atoms with E-state index < -0.39 is 0 Å². The van der Waals surface area contributed by atoms with Crippen molar-refractivity contribution in [2.45, 2.75) is 39.4 Å². The van der Waals surface area contributed by atoms with Gasteiger partial charge in [0.2, 0.25) is 0 Å². The number of aromatic nitrogens is 2. The fourth-order valence-corrected chi connectivity index (χ4v) is 3.15. The van der Waals surface area contributed by atoms with Crippen LogP contribution in [0.4, 0.5) is 0 Å². The lowest BCUT2D eigenvalue weighted by Gasteiger charge is -2.35. The highest BCUT2D eigenvalue weighted by Gasteiger charge is 2.22. The van der Waals surface area contributed by atoms with E-state index in [-0.39, 0.29) is 18.1 Å². The van der Waals surface area contributed by atoms with Crippen molar-refractivity contribution in [3.05, 3.63) is 10.6 Å². The van der Waals surface area contributed by atoms with Gasteiger partial charge in [0.1, 0.15) is 4.88 Å². The molecule has 0 bridgehead atoms. The quantitative estimate of drug-likeness (QED) is 0.876. The van der Waals surface area contributed by atoms with Gasteiger partial charge in [-0.2, -0.15) is 0 Å². The summed E-state index contributed by atoms with van der Waals surface area (Å²) in [6.45, 7) is 9.46. The maximum atomic E-state index is 12.0. The molecule has 1 N–H and O–H groups in total. The molecule has 0 aromatic carbocycles. The van der Waals surface area contributed by atoms with Gasteiger partial charge in [-0.25, -0.2) is 0 Å². The van der Waals surface area contributed by atoms with Gasteiger partial charge in [0, 0.05) is 26.2 Å². The minimum atomic E-state index is -0.0637. The molecule has 1 saturated heterocycles. The van der Waals surface area contributed by atoms with Crippen LogP contribution >= 0.6 is 11.5 Å². The Morgan fingerprint density at radius 3 is 2.80 bits per heavy atom. The third kappa shape index (κ3) is 3.97. The number of hydrogen-bond acceptors (Lipinski definition) is 6. The molecule has 0 spiro atoms. The summed E-state index contributed by atoms with van der Waals surface area (Å²) in [6, 6.07) is 0. The number of carbonyl (C=O) groups is 1. The minimum Gasteiger partial charge on any atom is -0.373 e. The average Bonchev–Trinajstić information content (AvgIpc) is 2.85. The molecule has 1 aliphatic heterocycles. The zero-order chi connectivity index (χ0) is 14.5. The van der Waals surface area contributed by atoms with Crippen LogP contribution < -0.4 is 5.32 Å². The lowest BCUT2D eigenvalue weighted by Crippen LogP contribution is -2.47. The molecule has 2 rings (SSSR count). The molecule has 0 unspecified atom stereocenters. The van der Waals surface area contributed by atoms with E-state index in [1.165, 1.54) is 0 Å². The molecule has 7 heteroatoms. The molecule has 2 atom stereocenters. The Bertz CT molecular complexity index is 441. The third-order valence-corrected chi connectivity index (χ3v) is 4.07. The molecule has 20 heavy (non-hydrogen) atoms. The molecule has 1 amide bonds. The fourth-order valence-electron chi connectivity index (χ4n) is 2.49. The number of aryl methyl sites for hydroxylation is 1. The van der Waals surface area contributed by atoms with Crippen LogP contribution in [0.3, 0.4) is 0 Å². The van der Waals surface area contributed by atoms with Crippen molar-refractivity contribution in [2.75, 3.05) is 26.2 Å². The number of nitrogens with zero attached hydrogens (tertiary/aromatic N) is 3. The molecule has 2 heterocycles. The second-order valence-electron chi connectivity index (χ2n) is 5.18. The first-order valence-electron chi connectivity index (χ1n) is 7.07. The van der Waals surface area contributed by atoms with E-state index in [0.717, 1.165) is 43.3 Å². The first-order chi connectivity index (χ1) is 9.60. The summed E-state index contributed by atoms with van der Waals surface area (Å²) in [5.74, 6) is -0.0637. The lowest BCUT2D eigenvalue weighted by molar-refractivity contribution is -0.0672. The van der Waals surface area contributed by atoms with Crippen LogP contribution in [-0.4, -0.2) is 58.8 Å². The number of amides is 1. The molecular formula is C13H22N4O2S. The maximum Gasteiger partial charge on any atom is 0.264 e. The summed E-state index contributed by atoms with van der Waals surface area (Å²) in [4.78, 5) is 15.0. The van der Waals surface area contributed by atoms with E-state index in [2.05, 4.69) is 33.7 Å². The van der Waals surface area contributed by atoms with Crippen molar-refractivity contribution in [3.8, 4) is 0 Å². The standard InChI is InChI=1S/C13H22N4O2S/c1-4-11-12(20-16-15-11)13(18)14-5-6-17-7-9(2)19-10(3)8-17/h9-10H,4-8H2,1-3H3,(H,14,18)/t9-,10-/m0/s1. The van der Waals surface area contributed by atoms with Crippen LogP contribution in [-0.2, 0) is 11.2 Å². The molecule has 1 aromatic heterocycles. The van der Waals surface area contributed by atoms with Crippen LogP contribution in [0.15, 0.2) is 0 Å². The van der Waals surface area contributed by atoms with E-state index in [1.807, 2.05) is 6.92 Å². The van der Waals surface area contributed by atoms with E-state index in [4.69, 9.17) is 4.74 Å². The molecule has 1 fully saturated rings. The SMILES string of the molecule is CCc1nnsc1C(=O)NCCN1C[C@H](C)O[C@@H](C)C1. The number of carbonyl (C=O) groups excluding carboxylic acids is 1. The molecule has 0 saturated carbocycles. The number of nitrogens with one attached hydrogen (secondary N) is 1. The monoisotopic (exact) mass is 298 g/mol. The second kappa shape index (κ2) is 7.10. The first-order valence-corrected chi connectivity index (χ1v) is 7.84. The summed E-state index contributed by atoms with van der Waals surface area (Å²) in [5, 5.41) is 6.90. The van der Waals surface area contributed by atoms with Gasteiger partial charge in [-0.1, -0.05) is 11.4 Å². The van der Waals surface area contributed by atoms with E-state index in [0.29, 0.717) is 11.4 Å². The molecule has 112 valence electrons. The normalized spacial score (nSPS) is 23.8. The Kier molecular flexibility index (Phi) is 5.45. The molecule has 0 radical (unpaired) electrons. The van der Waals surface area contributed by atoms with E-state index in [9.17, 15) is 4.79 Å². The summed E-state index contributed by atoms with van der Waals surface area (Å²) in [6.07, 6.45) is 1.25. The Labute approximate surface area is 123 Å². The Hall–Kier alpha value is -1.05. The van der Waals surface area contributed by atoms with E-state index >= 15 is 0 Å². The number of rotatable bonds is 5. The number of ether oxygens (including phenoxy) is 1. The van der Waals surface area contributed by atoms with E-state index in [1.54, 1.807) is 0 Å². The first kappa shape index (κ1) is 15.3. The van der Waals surface area contributed by atoms with Crippen molar-refractivity contribution >= 4 is 17.4 Å². The van der Waals surface area contributed by atoms with Gasteiger partial charge >= 0.3 is 0 Å². The third-order valence-electron chi connectivity index (χ3n) is 3.31.